The average Bonchev–Trinajstić information content (AvgIpc) is 2.15. The molecule has 1 heterocycles. The van der Waals surface area contributed by atoms with Crippen molar-refractivity contribution in [3.8, 4) is 0 Å². The van der Waals surface area contributed by atoms with E-state index < -0.39 is 17.8 Å². The highest BCUT2D eigenvalue weighted by Crippen LogP contribution is 2.30. The molecule has 0 aliphatic carbocycles. The molecule has 7 heteroatoms. The molecule has 0 radical (unpaired) electrons. The predicted octanol–water partition coefficient (Wildman–Crippen LogP) is 2.52. The van der Waals surface area contributed by atoms with Gasteiger partial charge in [0.1, 0.15) is 10.7 Å². The largest absolute Gasteiger partial charge is 0.478 e. The van der Waals surface area contributed by atoms with Crippen molar-refractivity contribution in [1.82, 2.24) is 4.98 Å². The molecule has 0 amide bonds. The molecule has 0 aliphatic rings. The molecule has 0 fully saturated rings. The van der Waals surface area contributed by atoms with E-state index in [0.29, 0.717) is 6.07 Å². The van der Waals surface area contributed by atoms with Crippen molar-refractivity contribution in [3.63, 3.8) is 0 Å². The maximum atomic E-state index is 12.2. The van der Waals surface area contributed by atoms with Gasteiger partial charge >= 0.3 is 12.1 Å². The third-order valence-corrected chi connectivity index (χ3v) is 2.27. The Labute approximate surface area is 87.3 Å². The van der Waals surface area contributed by atoms with Crippen LogP contribution in [-0.4, -0.2) is 22.3 Å². The smallest absolute Gasteiger partial charge is 0.433 e. The Morgan fingerprint density at radius 3 is 2.47 bits per heavy atom. The summed E-state index contributed by atoms with van der Waals surface area (Å²) >= 11 is 0.862. The summed E-state index contributed by atoms with van der Waals surface area (Å²) in [7, 11) is 0. The summed E-state index contributed by atoms with van der Waals surface area (Å²) in [4.78, 5) is 13.8. The van der Waals surface area contributed by atoms with Crippen LogP contribution in [0, 0.1) is 0 Å². The first-order valence-electron chi connectivity index (χ1n) is 3.71. The zero-order valence-corrected chi connectivity index (χ0v) is 8.32. The van der Waals surface area contributed by atoms with E-state index in [1.165, 1.54) is 6.26 Å². The summed E-state index contributed by atoms with van der Waals surface area (Å²) in [5.74, 6) is -1.29. The van der Waals surface area contributed by atoms with E-state index in [1.807, 2.05) is 0 Å². The summed E-state index contributed by atoms with van der Waals surface area (Å²) in [6.07, 6.45) is -3.09. The third-order valence-electron chi connectivity index (χ3n) is 1.57. The lowest BCUT2D eigenvalue weighted by Gasteiger charge is -2.08. The van der Waals surface area contributed by atoms with Crippen LogP contribution in [0.25, 0.3) is 0 Å². The van der Waals surface area contributed by atoms with E-state index in [4.69, 9.17) is 5.11 Å². The summed E-state index contributed by atoms with van der Waals surface area (Å²) in [5, 5.41) is 8.51. The van der Waals surface area contributed by atoms with Crippen molar-refractivity contribution >= 4 is 17.7 Å². The minimum atomic E-state index is -4.55. The van der Waals surface area contributed by atoms with Gasteiger partial charge in [-0.2, -0.15) is 13.2 Å². The van der Waals surface area contributed by atoms with E-state index >= 15 is 0 Å². The van der Waals surface area contributed by atoms with Crippen LogP contribution in [0.15, 0.2) is 17.2 Å². The Morgan fingerprint density at radius 1 is 1.47 bits per heavy atom. The Kier molecular flexibility index (Phi) is 3.23. The Hall–Kier alpha value is -1.24. The van der Waals surface area contributed by atoms with Crippen molar-refractivity contribution in [2.24, 2.45) is 0 Å². The molecule has 0 spiro atoms. The van der Waals surface area contributed by atoms with Gasteiger partial charge in [-0.15, -0.1) is 11.8 Å². The van der Waals surface area contributed by atoms with Crippen LogP contribution in [0.5, 0.6) is 0 Å². The number of rotatable bonds is 2. The van der Waals surface area contributed by atoms with Gasteiger partial charge in [-0.1, -0.05) is 0 Å². The van der Waals surface area contributed by atoms with E-state index in [2.05, 4.69) is 4.98 Å². The minimum Gasteiger partial charge on any atom is -0.478 e. The average molecular weight is 237 g/mol. The summed E-state index contributed by atoms with van der Waals surface area (Å²) in [5.41, 5.74) is -1.31. The molecular weight excluding hydrogens is 231 g/mol. The third kappa shape index (κ3) is 2.62. The number of aromatic carboxylic acids is 1. The van der Waals surface area contributed by atoms with Gasteiger partial charge < -0.3 is 5.11 Å². The van der Waals surface area contributed by atoms with Gasteiger partial charge in [0.2, 0.25) is 0 Å². The van der Waals surface area contributed by atoms with Crippen LogP contribution in [-0.2, 0) is 6.18 Å². The second-order valence-corrected chi connectivity index (χ2v) is 3.35. The zero-order valence-electron chi connectivity index (χ0n) is 7.50. The second-order valence-electron chi connectivity index (χ2n) is 2.56. The van der Waals surface area contributed by atoms with Crippen LogP contribution >= 0.6 is 11.8 Å². The molecule has 15 heavy (non-hydrogen) atoms. The van der Waals surface area contributed by atoms with E-state index in [9.17, 15) is 18.0 Å². The first-order chi connectivity index (χ1) is 6.86. The lowest BCUT2D eigenvalue weighted by molar-refractivity contribution is -0.141. The molecule has 1 rings (SSSR count). The highest BCUT2D eigenvalue weighted by atomic mass is 32.2. The van der Waals surface area contributed by atoms with Crippen LogP contribution < -0.4 is 0 Å². The number of pyridine rings is 1. The van der Waals surface area contributed by atoms with Crippen molar-refractivity contribution in [2.75, 3.05) is 6.26 Å². The van der Waals surface area contributed by atoms with E-state index in [0.717, 1.165) is 17.8 Å². The molecule has 0 bridgehead atoms. The van der Waals surface area contributed by atoms with Crippen molar-refractivity contribution in [2.45, 2.75) is 11.2 Å². The molecule has 0 aromatic carbocycles. The van der Waals surface area contributed by atoms with Crippen molar-refractivity contribution in [1.29, 1.82) is 0 Å². The highest BCUT2D eigenvalue weighted by Gasteiger charge is 2.33. The molecule has 0 atom stereocenters. The Morgan fingerprint density at radius 2 is 2.07 bits per heavy atom. The van der Waals surface area contributed by atoms with Crippen molar-refractivity contribution < 1.29 is 23.1 Å². The zero-order chi connectivity index (χ0) is 11.6. The van der Waals surface area contributed by atoms with Gasteiger partial charge in [-0.3, -0.25) is 0 Å². The number of carboxylic acid groups (broad SMARTS) is 1. The highest BCUT2D eigenvalue weighted by molar-refractivity contribution is 7.98. The second kappa shape index (κ2) is 4.09. The maximum absolute atomic E-state index is 12.2. The molecule has 82 valence electrons. The maximum Gasteiger partial charge on any atom is 0.433 e. The number of alkyl halides is 3. The summed E-state index contributed by atoms with van der Waals surface area (Å²) < 4.78 is 36.7. The fourth-order valence-corrected chi connectivity index (χ4v) is 1.48. The van der Waals surface area contributed by atoms with Crippen LogP contribution in [0.2, 0.25) is 0 Å². The van der Waals surface area contributed by atoms with Crippen LogP contribution in [0.1, 0.15) is 16.1 Å². The van der Waals surface area contributed by atoms with Crippen LogP contribution in [0.4, 0.5) is 13.2 Å². The Balaban J connectivity index is 3.25. The molecular formula is C8H6F3NO2S. The first kappa shape index (κ1) is 11.8. The number of halogens is 3. The van der Waals surface area contributed by atoms with Crippen LogP contribution in [0.3, 0.4) is 0 Å². The number of nitrogens with zero attached hydrogens (tertiary/aromatic N) is 1. The van der Waals surface area contributed by atoms with Gasteiger partial charge in [0.25, 0.3) is 0 Å². The van der Waals surface area contributed by atoms with Gasteiger partial charge in [-0.25, -0.2) is 9.78 Å². The SMILES string of the molecule is CSc1nc(C(F)(F)F)ccc1C(=O)O. The Bertz CT molecular complexity index is 392. The quantitative estimate of drug-likeness (QED) is 0.803. The normalized spacial score (nSPS) is 11.5. The standard InChI is InChI=1S/C8H6F3NO2S/c1-15-6-4(7(13)14)2-3-5(12-6)8(9,10)11/h2-3H,1H3,(H,13,14). The summed E-state index contributed by atoms with van der Waals surface area (Å²) in [6, 6.07) is 1.56. The van der Waals surface area contributed by atoms with E-state index in [1.54, 1.807) is 0 Å². The molecule has 1 aromatic rings. The molecule has 0 saturated carbocycles. The molecule has 1 aromatic heterocycles. The van der Waals surface area contributed by atoms with Gasteiger partial charge in [-0.05, 0) is 18.4 Å². The fraction of sp³-hybridized carbons (Fsp3) is 0.250. The predicted molar refractivity (Wildman–Crippen MR) is 48.0 cm³/mol. The monoisotopic (exact) mass is 237 g/mol. The van der Waals surface area contributed by atoms with Gasteiger partial charge in [0.05, 0.1) is 5.56 Å². The number of carboxylic acids is 1. The number of aromatic nitrogens is 1. The fourth-order valence-electron chi connectivity index (χ4n) is 0.917. The number of thioether (sulfide) groups is 1. The minimum absolute atomic E-state index is 0.141. The topological polar surface area (TPSA) is 50.2 Å². The molecule has 3 nitrogen and oxygen atoms in total. The van der Waals surface area contributed by atoms with E-state index in [-0.39, 0.29) is 10.6 Å². The van der Waals surface area contributed by atoms with Crippen molar-refractivity contribution in [3.05, 3.63) is 23.4 Å². The summed E-state index contributed by atoms with van der Waals surface area (Å²) in [6.45, 7) is 0. The lowest BCUT2D eigenvalue weighted by atomic mass is 10.2. The molecule has 0 saturated heterocycles. The lowest BCUT2D eigenvalue weighted by Crippen LogP contribution is -2.10. The molecule has 0 unspecified atom stereocenters. The molecule has 0 aliphatic heterocycles. The van der Waals surface area contributed by atoms with Gasteiger partial charge in [0, 0.05) is 0 Å². The van der Waals surface area contributed by atoms with Gasteiger partial charge in [0.15, 0.2) is 0 Å². The molecule has 1 N–H and O–H groups in total. The first-order valence-corrected chi connectivity index (χ1v) is 4.94. The number of hydrogen-bond donors (Lipinski definition) is 1. The number of hydrogen-bond acceptors (Lipinski definition) is 3. The number of carbonyl (C=O) groups is 1.